The van der Waals surface area contributed by atoms with Crippen LogP contribution in [0.25, 0.3) is 10.9 Å². The predicted molar refractivity (Wildman–Crippen MR) is 275 cm³/mol. The van der Waals surface area contributed by atoms with Crippen LogP contribution in [0.15, 0.2) is 70.8 Å². The van der Waals surface area contributed by atoms with Gasteiger partial charge in [-0.25, -0.2) is 0 Å². The van der Waals surface area contributed by atoms with E-state index in [4.69, 9.17) is 28.7 Å². The van der Waals surface area contributed by atoms with Crippen molar-refractivity contribution in [2.75, 3.05) is 19.6 Å². The smallest absolute Gasteiger partial charge is 0.245 e. The lowest BCUT2D eigenvalue weighted by Crippen LogP contribution is -2.62. The summed E-state index contributed by atoms with van der Waals surface area (Å²) < 4.78 is 0. The highest BCUT2D eigenvalue weighted by molar-refractivity contribution is 5.99. The van der Waals surface area contributed by atoms with Crippen molar-refractivity contribution < 1.29 is 48.6 Å². The second-order valence-corrected chi connectivity index (χ2v) is 18.0. The molecule has 8 amide bonds. The van der Waals surface area contributed by atoms with Crippen molar-refractivity contribution in [2.24, 2.45) is 38.7 Å². The maximum atomic E-state index is 14.5. The number of nitrogens with two attached hydrogens (primary N) is 5. The average Bonchev–Trinajstić information content (AvgIpc) is 3.75. The molecule has 1 aliphatic rings. The van der Waals surface area contributed by atoms with Gasteiger partial charge in [0.05, 0.1) is 18.6 Å². The molecule has 26 heteroatoms. The molecule has 2 unspecified atom stereocenters. The van der Waals surface area contributed by atoms with Gasteiger partial charge >= 0.3 is 0 Å². The lowest BCUT2D eigenvalue weighted by Gasteiger charge is -2.29. The Morgan fingerprint density at radius 2 is 1.32 bits per heavy atom. The number of benzene rings is 2. The van der Waals surface area contributed by atoms with Crippen molar-refractivity contribution in [3.05, 3.63) is 71.9 Å². The summed E-state index contributed by atoms with van der Waals surface area (Å²) in [4.78, 5) is 123. The zero-order chi connectivity index (χ0) is 54.3. The Bertz CT molecular complexity index is 2440. The molecule has 1 aromatic heterocycles. The van der Waals surface area contributed by atoms with Gasteiger partial charge < -0.3 is 81.1 Å². The van der Waals surface area contributed by atoms with Gasteiger partial charge in [-0.2, -0.15) is 0 Å². The number of amides is 8. The van der Waals surface area contributed by atoms with Crippen molar-refractivity contribution in [2.45, 2.75) is 133 Å². The third-order valence-corrected chi connectivity index (χ3v) is 11.9. The normalized spacial score (nSPS) is 22.2. The van der Waals surface area contributed by atoms with Crippen molar-refractivity contribution in [3.8, 4) is 0 Å². The predicted octanol–water partition coefficient (Wildman–Crippen LogP) is -4.18. The molecule has 2 heterocycles. The van der Waals surface area contributed by atoms with Gasteiger partial charge in [0.25, 0.3) is 0 Å². The third kappa shape index (κ3) is 19.6. The SMILES string of the molecule is CC(O)N[C@@H](CCCN=C(N)N)C(=O)N[C@H]1CC(=O)NCCCC[C@@H](C(N)=O)NC(=O)[C@H](Cc2c[nH]c3ccccc23)NC(=O)[C@H](CCCN=C(N)N)NC(=O)[C@@H](Cc2ccccc2)NC(=O)C([C@@H](C)O)NC1=O. The first-order valence-corrected chi connectivity index (χ1v) is 24.4. The van der Waals surface area contributed by atoms with E-state index in [2.05, 4.69) is 57.5 Å². The second-order valence-electron chi connectivity index (χ2n) is 18.0. The van der Waals surface area contributed by atoms with Crippen molar-refractivity contribution in [1.29, 1.82) is 0 Å². The third-order valence-electron chi connectivity index (χ3n) is 11.9. The first-order valence-electron chi connectivity index (χ1n) is 24.4. The fraction of sp³-hybridized carbons (Fsp3) is 0.500. The molecule has 21 N–H and O–H groups in total. The first kappa shape index (κ1) is 58.7. The van der Waals surface area contributed by atoms with E-state index in [1.165, 1.54) is 13.8 Å². The van der Waals surface area contributed by atoms with Gasteiger partial charge in [-0.15, -0.1) is 0 Å². The number of para-hydroxylation sites is 1. The number of H-pyrrole nitrogens is 1. The van der Waals surface area contributed by atoms with Gasteiger partial charge in [-0.3, -0.25) is 53.7 Å². The lowest BCUT2D eigenvalue weighted by atomic mass is 10.0. The quantitative estimate of drug-likeness (QED) is 0.0249. The summed E-state index contributed by atoms with van der Waals surface area (Å²) in [6.45, 7) is 2.74. The van der Waals surface area contributed by atoms with Crippen LogP contribution in [0.2, 0.25) is 0 Å². The van der Waals surface area contributed by atoms with Crippen LogP contribution in [0.1, 0.15) is 76.3 Å². The number of carbonyl (C=O) groups is 8. The Hall–Kier alpha value is -7.84. The molecule has 0 radical (unpaired) electrons. The number of aromatic nitrogens is 1. The van der Waals surface area contributed by atoms with Crippen LogP contribution >= 0.6 is 0 Å². The number of nitrogens with one attached hydrogen (secondary N) is 9. The van der Waals surface area contributed by atoms with E-state index in [1.807, 2.05) is 18.2 Å². The molecular weight excluding hydrogens is 961 g/mol. The van der Waals surface area contributed by atoms with Crippen LogP contribution in [0.5, 0.6) is 0 Å². The van der Waals surface area contributed by atoms with E-state index in [-0.39, 0.29) is 89.3 Å². The number of primary amides is 1. The van der Waals surface area contributed by atoms with Crippen LogP contribution in [-0.4, -0.2) is 149 Å². The number of nitrogens with zero attached hydrogens (tertiary/aromatic N) is 2. The number of hydrogen-bond donors (Lipinski definition) is 16. The van der Waals surface area contributed by atoms with Gasteiger partial charge in [0.1, 0.15) is 42.5 Å². The van der Waals surface area contributed by atoms with Gasteiger partial charge in [-0.1, -0.05) is 48.5 Å². The van der Waals surface area contributed by atoms with E-state index in [0.717, 1.165) is 10.9 Å². The van der Waals surface area contributed by atoms with Crippen LogP contribution in [0, 0.1) is 0 Å². The topological polar surface area (TPSA) is 444 Å². The maximum absolute atomic E-state index is 14.5. The van der Waals surface area contributed by atoms with Crippen molar-refractivity contribution in [3.63, 3.8) is 0 Å². The summed E-state index contributed by atoms with van der Waals surface area (Å²) in [5.41, 5.74) is 29.7. The number of fused-ring (bicyclic) bond motifs is 1. The van der Waals surface area contributed by atoms with E-state index in [1.54, 1.807) is 42.6 Å². The van der Waals surface area contributed by atoms with E-state index < -0.39 is 108 Å². The second kappa shape index (κ2) is 29.6. The van der Waals surface area contributed by atoms with Crippen molar-refractivity contribution in [1.82, 2.24) is 47.5 Å². The minimum Gasteiger partial charge on any atom is -0.391 e. The van der Waals surface area contributed by atoms with Gasteiger partial charge in [-0.05, 0) is 76.0 Å². The first-order chi connectivity index (χ1) is 35.2. The highest BCUT2D eigenvalue weighted by Gasteiger charge is 2.36. The average molecular weight is 1030 g/mol. The molecule has 9 atom stereocenters. The Morgan fingerprint density at radius 1 is 0.716 bits per heavy atom. The number of aliphatic hydroxyl groups is 2. The zero-order valence-electron chi connectivity index (χ0n) is 41.6. The van der Waals surface area contributed by atoms with E-state index >= 15 is 0 Å². The molecule has 404 valence electrons. The molecule has 3 aromatic rings. The molecule has 0 aliphatic carbocycles. The summed E-state index contributed by atoms with van der Waals surface area (Å²) in [6, 6.07) is 5.74. The minimum absolute atomic E-state index is 0.00387. The van der Waals surface area contributed by atoms with Gasteiger partial charge in [0.15, 0.2) is 11.9 Å². The Kier molecular flexibility index (Phi) is 23.5. The van der Waals surface area contributed by atoms with Gasteiger partial charge in [0, 0.05) is 49.6 Å². The van der Waals surface area contributed by atoms with Crippen LogP contribution in [0.4, 0.5) is 0 Å². The number of hydrogen-bond acceptors (Lipinski definition) is 13. The minimum atomic E-state index is -1.79. The molecule has 26 nitrogen and oxygen atoms in total. The lowest BCUT2D eigenvalue weighted by molar-refractivity contribution is -0.137. The van der Waals surface area contributed by atoms with Crippen molar-refractivity contribution >= 4 is 70.1 Å². The summed E-state index contributed by atoms with van der Waals surface area (Å²) in [5.74, 6) is -7.42. The number of aliphatic hydroxyl groups excluding tert-OH is 2. The standard InChI is InChI=1S/C48H72N16O10/c1-26(65)39-46(74)63-35(22-28-12-4-3-5-13-28)43(71)60-34(18-11-21-56-48(52)53)42(70)61-36(23-29-25-57-31-15-7-6-14-30(29)31)44(72)59-32(40(49)68)16-8-9-19-54-38(67)24-37(45(73)64-39)62-41(69)33(58-27(2)66)17-10-20-55-47(50)51/h3-7,12-15,25-27,32-37,39,57-58,65-66H,8-11,16-24H2,1-2H3,(H2,49,68)(H,54,67)(H,59,72)(H,60,71)(H,61,70)(H,62,69)(H,63,74)(H,64,73)(H4,50,51,55)(H4,52,53,56)/t26-,27?,32+,33+,34+,35-,36+,37+,39?/m1/s1. The Labute approximate surface area is 428 Å². The Morgan fingerprint density at radius 3 is 1.99 bits per heavy atom. The summed E-state index contributed by atoms with van der Waals surface area (Å²) in [5, 5.41) is 42.9. The molecule has 1 fully saturated rings. The van der Waals surface area contributed by atoms with E-state index in [9.17, 15) is 48.6 Å². The number of rotatable bonds is 18. The monoisotopic (exact) mass is 1030 g/mol. The van der Waals surface area contributed by atoms with Gasteiger partial charge in [0.2, 0.25) is 47.3 Å². The molecule has 0 bridgehead atoms. The van der Waals surface area contributed by atoms with Crippen LogP contribution in [-0.2, 0) is 51.2 Å². The molecular formula is C48H72N16O10. The Balaban J connectivity index is 1.76. The number of aliphatic imine (C=N–C) groups is 2. The molecule has 1 saturated heterocycles. The zero-order valence-corrected chi connectivity index (χ0v) is 41.6. The number of carbonyl (C=O) groups excluding carboxylic acids is 8. The summed E-state index contributed by atoms with van der Waals surface area (Å²) >= 11 is 0. The molecule has 4 rings (SSSR count). The molecule has 2 aromatic carbocycles. The largest absolute Gasteiger partial charge is 0.391 e. The van der Waals surface area contributed by atoms with Crippen LogP contribution in [0.3, 0.4) is 0 Å². The fourth-order valence-corrected chi connectivity index (χ4v) is 8.11. The molecule has 74 heavy (non-hydrogen) atoms. The maximum Gasteiger partial charge on any atom is 0.245 e. The highest BCUT2D eigenvalue weighted by Crippen LogP contribution is 2.20. The summed E-state index contributed by atoms with van der Waals surface area (Å²) in [7, 11) is 0. The molecule has 0 saturated carbocycles. The van der Waals surface area contributed by atoms with Crippen LogP contribution < -0.4 is 71.2 Å². The summed E-state index contributed by atoms with van der Waals surface area (Å²) in [6.07, 6.45) is -1.18. The molecule has 0 spiro atoms. The molecule has 1 aliphatic heterocycles. The van der Waals surface area contributed by atoms with E-state index in [0.29, 0.717) is 11.1 Å². The number of guanidine groups is 2. The highest BCUT2D eigenvalue weighted by atomic mass is 16.3. The number of aromatic amines is 1. The fourth-order valence-electron chi connectivity index (χ4n) is 8.11.